The molecule has 6 heteroatoms. The van der Waals surface area contributed by atoms with Crippen LogP contribution in [0.2, 0.25) is 0 Å². The van der Waals surface area contributed by atoms with Crippen molar-refractivity contribution in [3.63, 3.8) is 0 Å². The van der Waals surface area contributed by atoms with E-state index in [0.29, 0.717) is 12.3 Å². The highest BCUT2D eigenvalue weighted by Gasteiger charge is 2.22. The lowest BCUT2D eigenvalue weighted by molar-refractivity contribution is 0.0707. The Kier molecular flexibility index (Phi) is 7.14. The topological polar surface area (TPSA) is 77.8 Å². The molecule has 2 atom stereocenters. The van der Waals surface area contributed by atoms with Crippen molar-refractivity contribution in [3.8, 4) is 0 Å². The lowest BCUT2D eigenvalue weighted by atomic mass is 10.1. The van der Waals surface area contributed by atoms with E-state index < -0.39 is 10.1 Å². The van der Waals surface area contributed by atoms with Gasteiger partial charge >= 0.3 is 0 Å². The minimum absolute atomic E-state index is 0.0903. The maximum Gasteiger partial charge on any atom is 0.261 e. The molecule has 5 nitrogen and oxygen atoms in total. The Morgan fingerprint density at radius 3 is 2.00 bits per heavy atom. The van der Waals surface area contributed by atoms with E-state index >= 15 is 0 Å². The molecule has 98 valence electrons. The summed E-state index contributed by atoms with van der Waals surface area (Å²) in [6.07, 6.45) is 6.55. The Hall–Kier alpha value is -0.170. The first-order chi connectivity index (χ1) is 7.22. The number of rotatable bonds is 1. The Bertz CT molecular complexity index is 269. The van der Waals surface area contributed by atoms with Crippen molar-refractivity contribution in [2.45, 2.75) is 44.2 Å². The van der Waals surface area contributed by atoms with Crippen LogP contribution in [-0.4, -0.2) is 55.5 Å². The minimum Gasteiger partial charge on any atom is -0.391 e. The van der Waals surface area contributed by atoms with Crippen LogP contribution in [-0.2, 0) is 10.1 Å². The first-order valence-electron chi connectivity index (χ1n) is 5.48. The van der Waals surface area contributed by atoms with Crippen molar-refractivity contribution in [1.82, 2.24) is 4.90 Å². The van der Waals surface area contributed by atoms with E-state index in [1.807, 2.05) is 0 Å². The van der Waals surface area contributed by atoms with Crippen LogP contribution in [0.1, 0.15) is 32.1 Å². The highest BCUT2D eigenvalue weighted by molar-refractivity contribution is 7.85. The molecule has 16 heavy (non-hydrogen) atoms. The van der Waals surface area contributed by atoms with E-state index in [2.05, 4.69) is 19.0 Å². The number of hydrogen-bond donors (Lipinski definition) is 2. The van der Waals surface area contributed by atoms with Gasteiger partial charge in [0.25, 0.3) is 10.1 Å². The summed E-state index contributed by atoms with van der Waals surface area (Å²) in [6.45, 7) is 0. The predicted molar refractivity (Wildman–Crippen MR) is 64.0 cm³/mol. The molecule has 0 spiro atoms. The van der Waals surface area contributed by atoms with Crippen molar-refractivity contribution < 1.29 is 18.1 Å². The standard InChI is InChI=1S/C9H19NO.CH4O3S/c1-10(2)8-6-4-3-5-7-9(8)11;1-5(2,3)4/h8-9,11H,3-7H2,1-2H3;1H3,(H,2,3,4). The number of nitrogens with zero attached hydrogens (tertiary/aromatic N) is 1. The van der Waals surface area contributed by atoms with Gasteiger partial charge in [-0.2, -0.15) is 8.42 Å². The van der Waals surface area contributed by atoms with Crippen molar-refractivity contribution >= 4 is 10.1 Å². The number of aliphatic hydroxyl groups excluding tert-OH is 1. The molecule has 0 amide bonds. The normalized spacial score (nSPS) is 26.9. The zero-order valence-electron chi connectivity index (χ0n) is 10.3. The smallest absolute Gasteiger partial charge is 0.261 e. The van der Waals surface area contributed by atoms with E-state index in [-0.39, 0.29) is 6.10 Å². The molecule has 0 saturated heterocycles. The van der Waals surface area contributed by atoms with E-state index in [0.717, 1.165) is 12.8 Å². The summed E-state index contributed by atoms with van der Waals surface area (Å²) in [6, 6.07) is 0.400. The molecular formula is C10H23NO4S. The molecular weight excluding hydrogens is 230 g/mol. The SMILES string of the molecule is CN(C)C1CCCCCC1O.CS(=O)(=O)O. The zero-order valence-corrected chi connectivity index (χ0v) is 11.1. The summed E-state index contributed by atoms with van der Waals surface area (Å²) in [5, 5.41) is 9.68. The van der Waals surface area contributed by atoms with E-state index in [1.54, 1.807) is 0 Å². The fraction of sp³-hybridized carbons (Fsp3) is 1.00. The van der Waals surface area contributed by atoms with Gasteiger partial charge in [0.2, 0.25) is 0 Å². The summed E-state index contributed by atoms with van der Waals surface area (Å²) in [7, 11) is 0.443. The quantitative estimate of drug-likeness (QED) is 0.532. The molecule has 0 heterocycles. The molecule has 0 aromatic heterocycles. The first-order valence-corrected chi connectivity index (χ1v) is 7.33. The zero-order chi connectivity index (χ0) is 12.8. The lowest BCUT2D eigenvalue weighted by Crippen LogP contribution is -2.37. The summed E-state index contributed by atoms with van der Waals surface area (Å²) >= 11 is 0. The number of likely N-dealkylation sites (N-methyl/N-ethyl adjacent to an activating group) is 1. The molecule has 0 aromatic rings. The third-order valence-electron chi connectivity index (χ3n) is 2.61. The van der Waals surface area contributed by atoms with Crippen LogP contribution in [0.5, 0.6) is 0 Å². The molecule has 1 saturated carbocycles. The third kappa shape index (κ3) is 9.08. The van der Waals surface area contributed by atoms with E-state index in [9.17, 15) is 13.5 Å². The van der Waals surface area contributed by atoms with Gasteiger partial charge < -0.3 is 10.0 Å². The minimum atomic E-state index is -3.67. The van der Waals surface area contributed by atoms with Crippen molar-refractivity contribution in [1.29, 1.82) is 0 Å². The van der Waals surface area contributed by atoms with Gasteiger partial charge in [-0.05, 0) is 26.9 Å². The Morgan fingerprint density at radius 1 is 1.12 bits per heavy atom. The fourth-order valence-corrected chi connectivity index (χ4v) is 1.87. The maximum atomic E-state index is 9.68. The van der Waals surface area contributed by atoms with Gasteiger partial charge in [0, 0.05) is 6.04 Å². The second-order valence-corrected chi connectivity index (χ2v) is 5.94. The molecule has 0 aromatic carbocycles. The second-order valence-electron chi connectivity index (χ2n) is 4.47. The molecule has 1 rings (SSSR count). The lowest BCUT2D eigenvalue weighted by Gasteiger charge is -2.26. The molecule has 1 aliphatic carbocycles. The highest BCUT2D eigenvalue weighted by Crippen LogP contribution is 2.20. The van der Waals surface area contributed by atoms with Crippen LogP contribution < -0.4 is 0 Å². The molecule has 0 radical (unpaired) electrons. The molecule has 0 bridgehead atoms. The van der Waals surface area contributed by atoms with E-state index in [1.165, 1.54) is 19.3 Å². The largest absolute Gasteiger partial charge is 0.391 e. The van der Waals surface area contributed by atoms with Crippen LogP contribution in [0.4, 0.5) is 0 Å². The van der Waals surface area contributed by atoms with E-state index in [4.69, 9.17) is 4.55 Å². The Morgan fingerprint density at radius 2 is 1.56 bits per heavy atom. The predicted octanol–water partition coefficient (Wildman–Crippen LogP) is 0.746. The number of aliphatic hydroxyl groups is 1. The fourth-order valence-electron chi connectivity index (χ4n) is 1.87. The molecule has 1 fully saturated rings. The monoisotopic (exact) mass is 253 g/mol. The van der Waals surface area contributed by atoms with Crippen LogP contribution >= 0.6 is 0 Å². The molecule has 2 N–H and O–H groups in total. The van der Waals surface area contributed by atoms with Crippen LogP contribution in [0, 0.1) is 0 Å². The average molecular weight is 253 g/mol. The van der Waals surface area contributed by atoms with Gasteiger partial charge in [0.1, 0.15) is 0 Å². The van der Waals surface area contributed by atoms with Gasteiger partial charge in [-0.1, -0.05) is 19.3 Å². The van der Waals surface area contributed by atoms with Crippen LogP contribution in [0.15, 0.2) is 0 Å². The van der Waals surface area contributed by atoms with Gasteiger partial charge in [0.15, 0.2) is 0 Å². The van der Waals surface area contributed by atoms with Crippen molar-refractivity contribution in [2.75, 3.05) is 20.4 Å². The average Bonchev–Trinajstić information content (AvgIpc) is 2.26. The summed E-state index contributed by atoms with van der Waals surface area (Å²) in [5.41, 5.74) is 0. The molecule has 0 aliphatic heterocycles. The maximum absolute atomic E-state index is 9.68. The Balaban J connectivity index is 0.000000385. The van der Waals surface area contributed by atoms with Gasteiger partial charge in [-0.25, -0.2) is 0 Å². The second kappa shape index (κ2) is 7.21. The van der Waals surface area contributed by atoms with Gasteiger partial charge in [-0.15, -0.1) is 0 Å². The summed E-state index contributed by atoms with van der Waals surface area (Å²) < 4.78 is 25.9. The van der Waals surface area contributed by atoms with Crippen LogP contribution in [0.25, 0.3) is 0 Å². The molecule has 2 unspecified atom stereocenters. The van der Waals surface area contributed by atoms with Gasteiger partial charge in [0.05, 0.1) is 12.4 Å². The Labute approximate surface area is 98.2 Å². The third-order valence-corrected chi connectivity index (χ3v) is 2.61. The van der Waals surface area contributed by atoms with Crippen LogP contribution in [0.3, 0.4) is 0 Å². The summed E-state index contributed by atoms with van der Waals surface area (Å²) in [4.78, 5) is 2.15. The summed E-state index contributed by atoms with van der Waals surface area (Å²) in [5.74, 6) is 0. The number of hydrogen-bond acceptors (Lipinski definition) is 4. The first kappa shape index (κ1) is 15.8. The van der Waals surface area contributed by atoms with Gasteiger partial charge in [-0.3, -0.25) is 4.55 Å². The highest BCUT2D eigenvalue weighted by atomic mass is 32.2. The van der Waals surface area contributed by atoms with Crippen molar-refractivity contribution in [3.05, 3.63) is 0 Å². The molecule has 1 aliphatic rings. The van der Waals surface area contributed by atoms with Crippen molar-refractivity contribution in [2.24, 2.45) is 0 Å².